The number of para-hydroxylation sites is 1. The fourth-order valence-electron chi connectivity index (χ4n) is 2.23. The molecule has 1 aromatic heterocycles. The molecule has 27 heavy (non-hydrogen) atoms. The van der Waals surface area contributed by atoms with Gasteiger partial charge in [0, 0.05) is 23.1 Å². The van der Waals surface area contributed by atoms with E-state index in [0.717, 1.165) is 29.5 Å². The van der Waals surface area contributed by atoms with E-state index in [9.17, 15) is 23.7 Å². The number of hydrogen-bond acceptors (Lipinski definition) is 5. The van der Waals surface area contributed by atoms with Crippen LogP contribution in [-0.4, -0.2) is 15.8 Å². The number of hydrogen-bond donors (Lipinski definition) is 1. The summed E-state index contributed by atoms with van der Waals surface area (Å²) in [5.74, 6) is -2.47. The topological polar surface area (TPSA) is 85.1 Å². The van der Waals surface area contributed by atoms with Gasteiger partial charge in [-0.25, -0.2) is 13.8 Å². The first-order valence-electron chi connectivity index (χ1n) is 7.57. The Morgan fingerprint density at radius 2 is 1.96 bits per heavy atom. The van der Waals surface area contributed by atoms with Crippen molar-refractivity contribution in [3.63, 3.8) is 0 Å². The van der Waals surface area contributed by atoms with E-state index < -0.39 is 22.5 Å². The zero-order valence-electron chi connectivity index (χ0n) is 13.6. The van der Waals surface area contributed by atoms with Crippen molar-refractivity contribution in [1.82, 2.24) is 4.98 Å². The van der Waals surface area contributed by atoms with Gasteiger partial charge in [0.1, 0.15) is 0 Å². The van der Waals surface area contributed by atoms with Crippen molar-refractivity contribution in [2.45, 2.75) is 0 Å². The number of carbonyl (C=O) groups is 1. The fourth-order valence-corrected chi connectivity index (χ4v) is 2.95. The molecule has 6 nitrogen and oxygen atoms in total. The average molecular weight is 387 g/mol. The molecule has 0 aliphatic rings. The molecule has 0 fully saturated rings. The Balaban J connectivity index is 1.71. The minimum atomic E-state index is -0.988. The number of thiazole rings is 1. The molecule has 0 bridgehead atoms. The first-order valence-corrected chi connectivity index (χ1v) is 8.45. The number of halogens is 2. The molecular weight excluding hydrogens is 376 g/mol. The Morgan fingerprint density at radius 1 is 1.19 bits per heavy atom. The van der Waals surface area contributed by atoms with E-state index in [-0.39, 0.29) is 10.8 Å². The Morgan fingerprint density at radius 3 is 2.70 bits per heavy atom. The molecule has 3 aromatic rings. The first-order chi connectivity index (χ1) is 12.9. The maximum absolute atomic E-state index is 13.3. The van der Waals surface area contributed by atoms with Gasteiger partial charge >= 0.3 is 0 Å². The summed E-state index contributed by atoms with van der Waals surface area (Å²) in [6.45, 7) is 0. The molecule has 0 atom stereocenters. The van der Waals surface area contributed by atoms with Gasteiger partial charge in [-0.3, -0.25) is 20.2 Å². The number of benzene rings is 2. The molecule has 9 heteroatoms. The van der Waals surface area contributed by atoms with Crippen molar-refractivity contribution in [3.05, 3.63) is 81.2 Å². The quantitative estimate of drug-likeness (QED) is 0.392. The molecule has 0 saturated carbocycles. The normalized spacial score (nSPS) is 10.9. The van der Waals surface area contributed by atoms with E-state index in [1.54, 1.807) is 11.4 Å². The molecule has 0 unspecified atom stereocenters. The third-order valence-electron chi connectivity index (χ3n) is 3.50. The molecule has 1 N–H and O–H groups in total. The van der Waals surface area contributed by atoms with E-state index in [2.05, 4.69) is 10.3 Å². The number of nitro groups is 1. The second-order valence-corrected chi connectivity index (χ2v) is 6.16. The largest absolute Gasteiger partial charge is 0.298 e. The van der Waals surface area contributed by atoms with E-state index >= 15 is 0 Å². The molecule has 2 aromatic carbocycles. The summed E-state index contributed by atoms with van der Waals surface area (Å²) in [4.78, 5) is 26.6. The van der Waals surface area contributed by atoms with Gasteiger partial charge in [0.15, 0.2) is 16.8 Å². The molecule has 136 valence electrons. The first kappa shape index (κ1) is 18.3. The number of rotatable bonds is 5. The molecular formula is C18H11F2N3O3S. The van der Waals surface area contributed by atoms with Gasteiger partial charge in [0.05, 0.1) is 16.2 Å². The summed E-state index contributed by atoms with van der Waals surface area (Å²) < 4.78 is 26.3. The van der Waals surface area contributed by atoms with Crippen LogP contribution < -0.4 is 5.32 Å². The molecule has 0 radical (unpaired) electrons. The van der Waals surface area contributed by atoms with Crippen LogP contribution in [0.3, 0.4) is 0 Å². The SMILES string of the molecule is O=C(/C=C/c1ccccc1[N+](=O)[O-])Nc1nc(-c2ccc(F)c(F)c2)cs1. The Bertz CT molecular complexity index is 1050. The Labute approximate surface area is 156 Å². The highest BCUT2D eigenvalue weighted by Gasteiger charge is 2.11. The van der Waals surface area contributed by atoms with Gasteiger partial charge in [0.25, 0.3) is 5.69 Å². The highest BCUT2D eigenvalue weighted by Crippen LogP contribution is 2.26. The van der Waals surface area contributed by atoms with Gasteiger partial charge in [-0.2, -0.15) is 0 Å². The van der Waals surface area contributed by atoms with Crippen LogP contribution in [0.5, 0.6) is 0 Å². The summed E-state index contributed by atoms with van der Waals surface area (Å²) in [5.41, 5.74) is 0.939. The summed E-state index contributed by atoms with van der Waals surface area (Å²) in [6, 6.07) is 9.42. The molecule has 0 saturated heterocycles. The highest BCUT2D eigenvalue weighted by atomic mass is 32.1. The number of nitrogens with zero attached hydrogens (tertiary/aromatic N) is 2. The third kappa shape index (κ3) is 4.39. The number of nitrogens with one attached hydrogen (secondary N) is 1. The minimum Gasteiger partial charge on any atom is -0.298 e. The Hall–Kier alpha value is -3.46. The van der Waals surface area contributed by atoms with Crippen molar-refractivity contribution in [3.8, 4) is 11.3 Å². The van der Waals surface area contributed by atoms with Crippen molar-refractivity contribution in [2.24, 2.45) is 0 Å². The van der Waals surface area contributed by atoms with Crippen LogP contribution in [0.25, 0.3) is 17.3 Å². The van der Waals surface area contributed by atoms with Crippen molar-refractivity contribution in [2.75, 3.05) is 5.32 Å². The minimum absolute atomic E-state index is 0.114. The monoisotopic (exact) mass is 387 g/mol. The fraction of sp³-hybridized carbons (Fsp3) is 0. The van der Waals surface area contributed by atoms with Gasteiger partial charge < -0.3 is 0 Å². The van der Waals surface area contributed by atoms with Gasteiger partial charge in [-0.15, -0.1) is 11.3 Å². The second kappa shape index (κ2) is 7.83. The zero-order chi connectivity index (χ0) is 19.4. The van der Waals surface area contributed by atoms with Gasteiger partial charge in [-0.1, -0.05) is 12.1 Å². The average Bonchev–Trinajstić information content (AvgIpc) is 3.11. The van der Waals surface area contributed by atoms with Crippen LogP contribution in [-0.2, 0) is 4.79 Å². The summed E-state index contributed by atoms with van der Waals surface area (Å²) in [7, 11) is 0. The third-order valence-corrected chi connectivity index (χ3v) is 4.26. The van der Waals surface area contributed by atoms with Crippen LogP contribution >= 0.6 is 11.3 Å². The summed E-state index contributed by atoms with van der Waals surface area (Å²) in [6.07, 6.45) is 2.48. The highest BCUT2D eigenvalue weighted by molar-refractivity contribution is 7.14. The number of aromatic nitrogens is 1. The lowest BCUT2D eigenvalue weighted by Crippen LogP contribution is -2.07. The van der Waals surface area contributed by atoms with Crippen LogP contribution in [0.2, 0.25) is 0 Å². The van der Waals surface area contributed by atoms with E-state index in [4.69, 9.17) is 0 Å². The predicted octanol–water partition coefficient (Wildman–Crippen LogP) is 4.65. The maximum Gasteiger partial charge on any atom is 0.276 e. The molecule has 0 aliphatic heterocycles. The number of amides is 1. The van der Waals surface area contributed by atoms with Crippen LogP contribution in [0.15, 0.2) is 53.9 Å². The predicted molar refractivity (Wildman–Crippen MR) is 98.2 cm³/mol. The van der Waals surface area contributed by atoms with E-state index in [1.807, 2.05) is 0 Å². The van der Waals surface area contributed by atoms with Crippen LogP contribution in [0, 0.1) is 21.7 Å². The standard InChI is InChI=1S/C18H11F2N3O3S/c19-13-7-5-12(9-14(13)20)15-10-27-18(21-15)22-17(24)8-6-11-3-1-2-4-16(11)23(25)26/h1-10H,(H,21,22,24)/b8-6+. The molecule has 3 rings (SSSR count). The van der Waals surface area contributed by atoms with Gasteiger partial charge in [0.2, 0.25) is 5.91 Å². The number of nitro benzene ring substituents is 1. The molecule has 0 spiro atoms. The van der Waals surface area contributed by atoms with Crippen molar-refractivity contribution in [1.29, 1.82) is 0 Å². The summed E-state index contributed by atoms with van der Waals surface area (Å²) >= 11 is 1.11. The smallest absolute Gasteiger partial charge is 0.276 e. The lowest BCUT2D eigenvalue weighted by molar-refractivity contribution is -0.385. The second-order valence-electron chi connectivity index (χ2n) is 5.31. The molecule has 1 amide bonds. The van der Waals surface area contributed by atoms with E-state index in [1.165, 1.54) is 30.3 Å². The zero-order valence-corrected chi connectivity index (χ0v) is 14.4. The van der Waals surface area contributed by atoms with E-state index in [0.29, 0.717) is 16.8 Å². The number of anilines is 1. The molecule has 0 aliphatic carbocycles. The van der Waals surface area contributed by atoms with Gasteiger partial charge in [-0.05, 0) is 30.3 Å². The summed E-state index contributed by atoms with van der Waals surface area (Å²) in [5, 5.41) is 15.3. The maximum atomic E-state index is 13.3. The Kier molecular flexibility index (Phi) is 5.32. The van der Waals surface area contributed by atoms with Crippen molar-refractivity contribution < 1.29 is 18.5 Å². The molecule has 1 heterocycles. The number of carbonyl (C=O) groups excluding carboxylic acids is 1. The van der Waals surface area contributed by atoms with Crippen molar-refractivity contribution >= 4 is 34.1 Å². The van der Waals surface area contributed by atoms with Crippen LogP contribution in [0.4, 0.5) is 19.6 Å². The lowest BCUT2D eigenvalue weighted by atomic mass is 10.1. The van der Waals surface area contributed by atoms with Crippen LogP contribution in [0.1, 0.15) is 5.56 Å². The lowest BCUT2D eigenvalue weighted by Gasteiger charge is -1.99.